The highest BCUT2D eigenvalue weighted by atomic mass is 35.5. The molecule has 2 fully saturated rings. The summed E-state index contributed by atoms with van der Waals surface area (Å²) in [6.07, 6.45) is -9.80. The molecule has 3 atom stereocenters. The van der Waals surface area contributed by atoms with Crippen molar-refractivity contribution in [2.24, 2.45) is 0 Å². The Morgan fingerprint density at radius 2 is 1.43 bits per heavy atom. The molecule has 1 amide bonds. The number of nitrogens with zero attached hydrogens (tertiary/aromatic N) is 3. The minimum absolute atomic E-state index is 0. The molecule has 248 valence electrons. The van der Waals surface area contributed by atoms with Gasteiger partial charge in [0.25, 0.3) is 5.91 Å². The third-order valence-corrected chi connectivity index (χ3v) is 7.58. The molecule has 0 bridgehead atoms. The first-order valence-corrected chi connectivity index (χ1v) is 13.7. The van der Waals surface area contributed by atoms with Gasteiger partial charge in [-0.15, -0.1) is 24.8 Å². The van der Waals surface area contributed by atoms with E-state index in [0.717, 1.165) is 19.6 Å². The fraction of sp³-hybridized carbons (Fsp3) is 0.552. The number of morpholine rings is 1. The molecule has 2 aromatic carbocycles. The Hall–Kier alpha value is -2.32. The lowest BCUT2D eigenvalue weighted by Gasteiger charge is -2.43. The molecule has 0 N–H and O–H groups in total. The van der Waals surface area contributed by atoms with Crippen molar-refractivity contribution in [2.75, 3.05) is 52.9 Å². The van der Waals surface area contributed by atoms with Crippen molar-refractivity contribution in [3.05, 3.63) is 64.5 Å². The Bertz CT molecular complexity index is 1220. The molecule has 15 heteroatoms. The quantitative estimate of drug-likeness (QED) is 0.327. The number of carbonyl (C=O) groups is 1. The molecule has 0 saturated carbocycles. The molecule has 6 nitrogen and oxygen atoms in total. The zero-order chi connectivity index (χ0) is 30.8. The van der Waals surface area contributed by atoms with Crippen LogP contribution in [-0.4, -0.2) is 91.8 Å². The van der Waals surface area contributed by atoms with Crippen molar-refractivity contribution in [1.82, 2.24) is 14.7 Å². The summed E-state index contributed by atoms with van der Waals surface area (Å²) in [4.78, 5) is 19.3. The minimum atomic E-state index is -5.08. The van der Waals surface area contributed by atoms with Gasteiger partial charge in [0.1, 0.15) is 0 Å². The fourth-order valence-corrected chi connectivity index (χ4v) is 5.66. The topological polar surface area (TPSA) is 45.2 Å². The number of halogens is 9. The molecule has 2 aliphatic rings. The van der Waals surface area contributed by atoms with E-state index >= 15 is 0 Å². The number of benzene rings is 2. The van der Waals surface area contributed by atoms with Gasteiger partial charge in [0, 0.05) is 57.4 Å². The van der Waals surface area contributed by atoms with E-state index in [0.29, 0.717) is 37.3 Å². The zero-order valence-corrected chi connectivity index (χ0v) is 26.0. The summed E-state index contributed by atoms with van der Waals surface area (Å²) in [6.45, 7) is 7.70. The maximum absolute atomic E-state index is 14.0. The third kappa shape index (κ3) is 9.59. The maximum atomic E-state index is 14.0. The van der Waals surface area contributed by atoms with Gasteiger partial charge in [-0.05, 0) is 56.2 Å². The Morgan fingerprint density at radius 3 is 1.98 bits per heavy atom. The minimum Gasteiger partial charge on any atom is -0.494 e. The highest BCUT2D eigenvalue weighted by molar-refractivity contribution is 5.95. The molecule has 2 saturated heterocycles. The average molecular weight is 679 g/mol. The van der Waals surface area contributed by atoms with Crippen LogP contribution < -0.4 is 4.74 Å². The first kappa shape index (κ1) is 37.9. The van der Waals surface area contributed by atoms with E-state index in [1.807, 2.05) is 13.8 Å². The summed E-state index contributed by atoms with van der Waals surface area (Å²) in [7, 11) is 1.31. The first-order chi connectivity index (χ1) is 19.6. The number of amides is 1. The maximum Gasteiger partial charge on any atom is 0.416 e. The summed E-state index contributed by atoms with van der Waals surface area (Å²) in [5.74, 6) is -1.53. The summed E-state index contributed by atoms with van der Waals surface area (Å²) in [5.41, 5.74) is -3.18. The molecule has 2 unspecified atom stereocenters. The Balaban J connectivity index is 0.00000337. The lowest BCUT2D eigenvalue weighted by atomic mass is 9.98. The van der Waals surface area contributed by atoms with E-state index in [2.05, 4.69) is 9.80 Å². The van der Waals surface area contributed by atoms with Crippen molar-refractivity contribution >= 4 is 30.7 Å². The number of alkyl halides is 6. The van der Waals surface area contributed by atoms with E-state index in [9.17, 15) is 35.5 Å². The zero-order valence-electron chi connectivity index (χ0n) is 24.4. The van der Waals surface area contributed by atoms with Gasteiger partial charge in [-0.2, -0.15) is 26.3 Å². The smallest absolute Gasteiger partial charge is 0.416 e. The van der Waals surface area contributed by atoms with Crippen LogP contribution in [0.15, 0.2) is 36.4 Å². The second-order valence-corrected chi connectivity index (χ2v) is 10.9. The first-order valence-electron chi connectivity index (χ1n) is 13.7. The van der Waals surface area contributed by atoms with Crippen LogP contribution in [0.4, 0.5) is 30.7 Å². The molecule has 0 aliphatic carbocycles. The summed E-state index contributed by atoms with van der Waals surface area (Å²) in [5, 5.41) is 0. The van der Waals surface area contributed by atoms with Gasteiger partial charge in [-0.1, -0.05) is 6.07 Å². The average Bonchev–Trinajstić information content (AvgIpc) is 2.91. The number of piperazine rings is 1. The molecule has 2 aliphatic heterocycles. The van der Waals surface area contributed by atoms with E-state index in [1.54, 1.807) is 0 Å². The molecule has 4 rings (SSSR count). The number of hydrogen-bond acceptors (Lipinski definition) is 5. The lowest BCUT2D eigenvalue weighted by Crippen LogP contribution is -2.57. The Morgan fingerprint density at radius 1 is 0.864 bits per heavy atom. The molecule has 2 aromatic rings. The molecule has 0 radical (unpaired) electrons. The molecule has 0 spiro atoms. The van der Waals surface area contributed by atoms with Crippen LogP contribution in [0.3, 0.4) is 0 Å². The SMILES string of the molecule is COc1cc(C[C@@H]2CN(CCN3CC(C)OC(C)C3)CCN2C(=O)c2cc(C(F)(F)F)cc(C(F)(F)F)c2)ccc1F.Cl.Cl. The van der Waals surface area contributed by atoms with Crippen LogP contribution in [0.25, 0.3) is 0 Å². The van der Waals surface area contributed by atoms with Gasteiger partial charge in [0.05, 0.1) is 30.4 Å². The van der Waals surface area contributed by atoms with Crippen LogP contribution in [0.1, 0.15) is 40.9 Å². The van der Waals surface area contributed by atoms with Crippen molar-refractivity contribution in [1.29, 1.82) is 0 Å². The number of ether oxygens (including phenoxy) is 2. The number of carbonyl (C=O) groups excluding carboxylic acids is 1. The molecular weight excluding hydrogens is 642 g/mol. The van der Waals surface area contributed by atoms with E-state index in [-0.39, 0.29) is 61.8 Å². The Kier molecular flexibility index (Phi) is 13.2. The molecule has 44 heavy (non-hydrogen) atoms. The van der Waals surface area contributed by atoms with Crippen molar-refractivity contribution in [3.8, 4) is 5.75 Å². The largest absolute Gasteiger partial charge is 0.494 e. The van der Waals surface area contributed by atoms with E-state index in [1.165, 1.54) is 30.2 Å². The Labute approximate surface area is 264 Å². The highest BCUT2D eigenvalue weighted by Crippen LogP contribution is 2.37. The van der Waals surface area contributed by atoms with Gasteiger partial charge < -0.3 is 14.4 Å². The van der Waals surface area contributed by atoms with Crippen LogP contribution in [0.2, 0.25) is 0 Å². The van der Waals surface area contributed by atoms with Crippen molar-refractivity contribution in [2.45, 2.75) is 50.9 Å². The number of hydrogen-bond donors (Lipinski definition) is 0. The lowest BCUT2D eigenvalue weighted by molar-refractivity contribution is -0.143. The third-order valence-electron chi connectivity index (χ3n) is 7.58. The highest BCUT2D eigenvalue weighted by Gasteiger charge is 2.39. The predicted octanol–water partition coefficient (Wildman–Crippen LogP) is 6.19. The van der Waals surface area contributed by atoms with Crippen LogP contribution in [0.5, 0.6) is 5.75 Å². The summed E-state index contributed by atoms with van der Waals surface area (Å²) < 4.78 is 106. The fourth-order valence-electron chi connectivity index (χ4n) is 5.66. The van der Waals surface area contributed by atoms with Gasteiger partial charge in [-0.25, -0.2) is 4.39 Å². The second kappa shape index (κ2) is 15.3. The number of rotatable bonds is 7. The van der Waals surface area contributed by atoms with E-state index in [4.69, 9.17) is 9.47 Å². The van der Waals surface area contributed by atoms with Gasteiger partial charge in [0.2, 0.25) is 0 Å². The van der Waals surface area contributed by atoms with Gasteiger partial charge in [-0.3, -0.25) is 14.6 Å². The van der Waals surface area contributed by atoms with Crippen LogP contribution >= 0.6 is 24.8 Å². The van der Waals surface area contributed by atoms with Crippen LogP contribution in [-0.2, 0) is 23.5 Å². The summed E-state index contributed by atoms with van der Waals surface area (Å²) >= 11 is 0. The normalized spacial score (nSPS) is 21.8. The molecule has 0 aromatic heterocycles. The van der Waals surface area contributed by atoms with Crippen LogP contribution in [0, 0.1) is 5.82 Å². The van der Waals surface area contributed by atoms with E-state index < -0.39 is 46.8 Å². The van der Waals surface area contributed by atoms with Crippen molar-refractivity contribution in [3.63, 3.8) is 0 Å². The van der Waals surface area contributed by atoms with Gasteiger partial charge >= 0.3 is 12.4 Å². The van der Waals surface area contributed by atoms with Gasteiger partial charge in [0.15, 0.2) is 11.6 Å². The van der Waals surface area contributed by atoms with Crippen molar-refractivity contribution < 1.29 is 45.0 Å². The predicted molar refractivity (Wildman–Crippen MR) is 155 cm³/mol. The number of methoxy groups -OCH3 is 1. The molecule has 2 heterocycles. The molecular formula is C29H36Cl2F7N3O3. The standard InChI is InChI=1S/C29H34F7N3O3.2ClH/c1-18-15-38(16-19(2)42-18)7-6-37-8-9-39(24(17-37)10-20-4-5-25(30)26(11-20)41-3)27(40)21-12-22(28(31,32)33)14-23(13-21)29(34,35)36;;/h4-5,11-14,18-19,24H,6-10,15-17H2,1-3H3;2*1H/t18?,19?,24-;;/m1../s1. The summed E-state index contributed by atoms with van der Waals surface area (Å²) in [6, 6.07) is 4.52. The monoisotopic (exact) mass is 677 g/mol. The second-order valence-electron chi connectivity index (χ2n) is 10.9.